The molecule has 0 saturated carbocycles. The molecule has 0 aromatic rings. The zero-order valence-corrected chi connectivity index (χ0v) is 8.28. The van der Waals surface area contributed by atoms with Crippen LogP contribution in [-0.4, -0.2) is 0 Å². The highest BCUT2D eigenvalue weighted by Gasteiger charge is 1.90. The third-order valence-electron chi connectivity index (χ3n) is 2.18. The fourth-order valence-electron chi connectivity index (χ4n) is 1.36. The lowest BCUT2D eigenvalue weighted by molar-refractivity contribution is 0.570. The highest BCUT2D eigenvalue weighted by molar-refractivity contribution is 4.48. The first-order valence-electron chi connectivity index (χ1n) is 5.35. The maximum absolute atomic E-state index is 6.97. The van der Waals surface area contributed by atoms with Crippen molar-refractivity contribution in [2.75, 3.05) is 0 Å². The SMILES string of the molecule is [C]CCCCCCCCCC[CH2]. The molecule has 0 amide bonds. The molecule has 0 saturated heterocycles. The summed E-state index contributed by atoms with van der Waals surface area (Å²) in [6.45, 7) is 10.8. The third kappa shape index (κ3) is 10.0. The minimum absolute atomic E-state index is 0.613. The Balaban J connectivity index is 2.73. The van der Waals surface area contributed by atoms with Crippen LogP contribution in [0.5, 0.6) is 0 Å². The van der Waals surface area contributed by atoms with Crippen LogP contribution in [0.3, 0.4) is 0 Å². The van der Waals surface area contributed by atoms with Gasteiger partial charge in [-0.05, 0) is 13.3 Å². The lowest BCUT2D eigenvalue weighted by Crippen LogP contribution is -1.80. The van der Waals surface area contributed by atoms with Crippen LogP contribution in [0.2, 0.25) is 0 Å². The van der Waals surface area contributed by atoms with Gasteiger partial charge in [0.25, 0.3) is 0 Å². The lowest BCUT2D eigenvalue weighted by atomic mass is 10.1. The Bertz CT molecular complexity index is 56.4. The maximum Gasteiger partial charge on any atom is -0.00936 e. The molecule has 0 aliphatic carbocycles. The predicted molar refractivity (Wildman–Crippen MR) is 54.8 cm³/mol. The Kier molecular flexibility index (Phi) is 11.0. The Labute approximate surface area is 78.8 Å². The van der Waals surface area contributed by atoms with Crippen molar-refractivity contribution in [1.82, 2.24) is 0 Å². The predicted octanol–water partition coefficient (Wildman–Crippen LogP) is 4.31. The smallest absolute Gasteiger partial charge is 0.00936 e. The molecule has 0 heteroatoms. The largest absolute Gasteiger partial charge is 0.0533 e. The number of unbranched alkanes of at least 4 members (excludes halogenated alkanes) is 9. The highest BCUT2D eigenvalue weighted by atomic mass is 14.0. The summed E-state index contributed by atoms with van der Waals surface area (Å²) in [5, 5.41) is 0. The molecule has 0 unspecified atom stereocenters. The third-order valence-corrected chi connectivity index (χ3v) is 2.18. The van der Waals surface area contributed by atoms with Gasteiger partial charge in [0.05, 0.1) is 0 Å². The standard InChI is InChI=1S/C12H22/c1-3-5-7-9-11-12-10-8-6-4-2/h1,3-12H2. The summed E-state index contributed by atoms with van der Waals surface area (Å²) in [5.74, 6) is 0. The molecule has 0 rings (SSSR count). The van der Waals surface area contributed by atoms with Gasteiger partial charge < -0.3 is 0 Å². The number of hydrogen-bond acceptors (Lipinski definition) is 0. The van der Waals surface area contributed by atoms with Gasteiger partial charge in [0, 0.05) is 0 Å². The second-order valence-electron chi connectivity index (χ2n) is 3.43. The highest BCUT2D eigenvalue weighted by Crippen LogP contribution is 2.09. The number of rotatable bonds is 9. The Hall–Kier alpha value is 0. The molecule has 0 spiro atoms. The van der Waals surface area contributed by atoms with E-state index < -0.39 is 0 Å². The van der Waals surface area contributed by atoms with E-state index in [4.69, 9.17) is 6.92 Å². The van der Waals surface area contributed by atoms with Crippen molar-refractivity contribution in [2.24, 2.45) is 0 Å². The monoisotopic (exact) mass is 166 g/mol. The Morgan fingerprint density at radius 1 is 0.667 bits per heavy atom. The summed E-state index contributed by atoms with van der Waals surface area (Å²) in [4.78, 5) is 0. The van der Waals surface area contributed by atoms with Crippen molar-refractivity contribution >= 4 is 0 Å². The molecular formula is C12H22. The molecule has 0 fully saturated rings. The summed E-state index contributed by atoms with van der Waals surface area (Å²) < 4.78 is 0. The van der Waals surface area contributed by atoms with Crippen LogP contribution in [0.15, 0.2) is 0 Å². The molecular weight excluding hydrogens is 144 g/mol. The van der Waals surface area contributed by atoms with Crippen LogP contribution in [-0.2, 0) is 0 Å². The molecule has 0 nitrogen and oxygen atoms in total. The summed E-state index contributed by atoms with van der Waals surface area (Å²) >= 11 is 0. The van der Waals surface area contributed by atoms with Gasteiger partial charge in [-0.25, -0.2) is 0 Å². The van der Waals surface area contributed by atoms with Crippen molar-refractivity contribution in [3.63, 3.8) is 0 Å². The summed E-state index contributed by atoms with van der Waals surface area (Å²) in [7, 11) is 0. The number of hydrogen-bond donors (Lipinski definition) is 0. The average molecular weight is 166 g/mol. The summed E-state index contributed by atoms with van der Waals surface area (Å²) in [6.07, 6.45) is 12.2. The Morgan fingerprint density at radius 3 is 1.50 bits per heavy atom. The van der Waals surface area contributed by atoms with E-state index in [2.05, 4.69) is 6.92 Å². The van der Waals surface area contributed by atoms with Gasteiger partial charge >= 0.3 is 0 Å². The lowest BCUT2D eigenvalue weighted by Gasteiger charge is -1.99. The van der Waals surface area contributed by atoms with E-state index >= 15 is 0 Å². The molecule has 0 aliphatic rings. The minimum Gasteiger partial charge on any atom is -0.0533 e. The van der Waals surface area contributed by atoms with E-state index in [0.717, 1.165) is 12.8 Å². The quantitative estimate of drug-likeness (QED) is 0.448. The fourth-order valence-corrected chi connectivity index (χ4v) is 1.36. The van der Waals surface area contributed by atoms with E-state index in [-0.39, 0.29) is 0 Å². The second-order valence-corrected chi connectivity index (χ2v) is 3.43. The molecule has 0 aromatic heterocycles. The van der Waals surface area contributed by atoms with Gasteiger partial charge in [-0.15, -0.1) is 0 Å². The normalized spacial score (nSPS) is 10.5. The van der Waals surface area contributed by atoms with Gasteiger partial charge in [0.15, 0.2) is 0 Å². The van der Waals surface area contributed by atoms with Gasteiger partial charge in [0.2, 0.25) is 0 Å². The van der Waals surface area contributed by atoms with Crippen molar-refractivity contribution in [3.8, 4) is 0 Å². The maximum atomic E-state index is 6.97. The first-order valence-corrected chi connectivity index (χ1v) is 5.35. The van der Waals surface area contributed by atoms with Crippen LogP contribution < -0.4 is 0 Å². The zero-order valence-electron chi connectivity index (χ0n) is 8.28. The summed E-state index contributed by atoms with van der Waals surface area (Å²) in [6, 6.07) is 0. The van der Waals surface area contributed by atoms with E-state index in [9.17, 15) is 0 Å². The average Bonchev–Trinajstić information content (AvgIpc) is 2.10. The van der Waals surface area contributed by atoms with Crippen LogP contribution in [0, 0.1) is 13.8 Å². The molecule has 0 bridgehead atoms. The molecule has 0 aliphatic heterocycles. The van der Waals surface area contributed by atoms with Crippen LogP contribution in [0.1, 0.15) is 64.2 Å². The van der Waals surface area contributed by atoms with Gasteiger partial charge in [-0.2, -0.15) is 0 Å². The van der Waals surface area contributed by atoms with Gasteiger partial charge in [0.1, 0.15) is 0 Å². The van der Waals surface area contributed by atoms with Crippen LogP contribution >= 0.6 is 0 Å². The molecule has 0 aromatic carbocycles. The zero-order chi connectivity index (χ0) is 9.07. The topological polar surface area (TPSA) is 0 Å². The summed E-state index contributed by atoms with van der Waals surface area (Å²) in [5.41, 5.74) is 0. The molecule has 4 radical (unpaired) electrons. The second kappa shape index (κ2) is 11.0. The van der Waals surface area contributed by atoms with Crippen LogP contribution in [0.25, 0.3) is 0 Å². The van der Waals surface area contributed by atoms with Crippen molar-refractivity contribution in [2.45, 2.75) is 64.2 Å². The molecule has 12 heavy (non-hydrogen) atoms. The van der Waals surface area contributed by atoms with Crippen molar-refractivity contribution < 1.29 is 0 Å². The Morgan fingerprint density at radius 2 is 1.08 bits per heavy atom. The van der Waals surface area contributed by atoms with Gasteiger partial charge in [-0.3, -0.25) is 0 Å². The van der Waals surface area contributed by atoms with E-state index in [1.807, 2.05) is 0 Å². The van der Waals surface area contributed by atoms with Crippen molar-refractivity contribution in [1.29, 1.82) is 0 Å². The minimum atomic E-state index is 0.613. The first-order chi connectivity index (χ1) is 5.91. The van der Waals surface area contributed by atoms with Crippen LogP contribution in [0.4, 0.5) is 0 Å². The molecule has 0 atom stereocenters. The van der Waals surface area contributed by atoms with E-state index in [1.165, 1.54) is 44.9 Å². The van der Waals surface area contributed by atoms with Crippen molar-refractivity contribution in [3.05, 3.63) is 13.8 Å². The molecule has 0 N–H and O–H groups in total. The van der Waals surface area contributed by atoms with Gasteiger partial charge in [-0.1, -0.05) is 64.7 Å². The molecule has 0 heterocycles. The fraction of sp³-hybridized carbons (Fsp3) is 0.833. The molecule has 70 valence electrons. The van der Waals surface area contributed by atoms with E-state index in [1.54, 1.807) is 0 Å². The van der Waals surface area contributed by atoms with E-state index in [0.29, 0.717) is 6.42 Å². The first kappa shape index (κ1) is 12.0.